The van der Waals surface area contributed by atoms with Crippen LogP contribution in [0.15, 0.2) is 41.3 Å². The van der Waals surface area contributed by atoms with Gasteiger partial charge in [-0.2, -0.15) is 0 Å². The van der Waals surface area contributed by atoms with Crippen LogP contribution < -0.4 is 5.56 Å². The zero-order valence-corrected chi connectivity index (χ0v) is 11.9. The highest BCUT2D eigenvalue weighted by molar-refractivity contribution is 5.90. The Kier molecular flexibility index (Phi) is 3.22. The van der Waals surface area contributed by atoms with Crippen molar-refractivity contribution in [1.82, 2.24) is 4.57 Å². The Morgan fingerprint density at radius 1 is 1.24 bits per heavy atom. The van der Waals surface area contributed by atoms with Crippen LogP contribution in [0.2, 0.25) is 0 Å². The summed E-state index contributed by atoms with van der Waals surface area (Å²) in [7, 11) is 3.12. The molecule has 21 heavy (non-hydrogen) atoms. The molecule has 0 bridgehead atoms. The summed E-state index contributed by atoms with van der Waals surface area (Å²) in [4.78, 5) is 23.6. The Balaban J connectivity index is 2.11. The minimum absolute atomic E-state index is 0.0462. The molecule has 1 aliphatic carbocycles. The number of allylic oxidation sites excluding steroid dienone is 1. The van der Waals surface area contributed by atoms with Crippen molar-refractivity contribution in [1.29, 1.82) is 0 Å². The minimum atomic E-state index is -0.355. The molecule has 106 valence electrons. The Morgan fingerprint density at radius 2 is 1.95 bits per heavy atom. The van der Waals surface area contributed by atoms with Crippen LogP contribution in [0, 0.1) is 0 Å². The fourth-order valence-electron chi connectivity index (χ4n) is 2.63. The quantitative estimate of drug-likeness (QED) is 0.794. The number of aromatic nitrogens is 1. The second kappa shape index (κ2) is 5.05. The number of methoxy groups -OCH3 is 1. The first kappa shape index (κ1) is 13.4. The molecule has 0 fully saturated rings. The van der Waals surface area contributed by atoms with Gasteiger partial charge in [-0.25, -0.2) is 4.79 Å². The number of carbonyl (C=O) groups is 1. The maximum Gasteiger partial charge on any atom is 0.337 e. The van der Waals surface area contributed by atoms with Crippen LogP contribution in [0.1, 0.15) is 21.5 Å². The second-order valence-electron chi connectivity index (χ2n) is 5.03. The van der Waals surface area contributed by atoms with Crippen LogP contribution >= 0.6 is 0 Å². The monoisotopic (exact) mass is 281 g/mol. The molecule has 0 saturated carbocycles. The summed E-state index contributed by atoms with van der Waals surface area (Å²) in [5.74, 6) is -0.355. The maximum absolute atomic E-state index is 12.1. The number of ether oxygens (including phenoxy) is 1. The molecule has 0 spiro atoms. The minimum Gasteiger partial charge on any atom is -0.465 e. The Morgan fingerprint density at radius 3 is 2.62 bits per heavy atom. The number of pyridine rings is 1. The molecule has 0 radical (unpaired) electrons. The summed E-state index contributed by atoms with van der Waals surface area (Å²) in [6.45, 7) is 0. The number of rotatable bonds is 2. The highest BCUT2D eigenvalue weighted by atomic mass is 16.5. The van der Waals surface area contributed by atoms with Gasteiger partial charge in [-0.1, -0.05) is 24.3 Å². The van der Waals surface area contributed by atoms with Gasteiger partial charge in [-0.3, -0.25) is 4.79 Å². The summed E-state index contributed by atoms with van der Waals surface area (Å²) in [6.07, 6.45) is 6.50. The first-order valence-corrected chi connectivity index (χ1v) is 6.69. The molecular weight excluding hydrogens is 266 g/mol. The molecular formula is C17H15NO3. The molecule has 1 heterocycles. The zero-order valence-electron chi connectivity index (χ0n) is 11.9. The number of nitrogens with zero attached hydrogens (tertiary/aromatic N) is 1. The maximum atomic E-state index is 12.1. The van der Waals surface area contributed by atoms with E-state index in [0.29, 0.717) is 12.0 Å². The normalized spacial score (nSPS) is 12.3. The van der Waals surface area contributed by atoms with Gasteiger partial charge in [-0.05, 0) is 29.7 Å². The molecule has 1 aromatic heterocycles. The van der Waals surface area contributed by atoms with Crippen molar-refractivity contribution in [3.63, 3.8) is 0 Å². The largest absolute Gasteiger partial charge is 0.465 e. The highest BCUT2D eigenvalue weighted by Gasteiger charge is 2.16. The van der Waals surface area contributed by atoms with E-state index in [1.807, 2.05) is 30.5 Å². The molecule has 0 N–H and O–H groups in total. The fourth-order valence-corrected chi connectivity index (χ4v) is 2.63. The van der Waals surface area contributed by atoms with E-state index in [0.717, 1.165) is 22.3 Å². The number of aryl methyl sites for hydroxylation is 1. The van der Waals surface area contributed by atoms with Gasteiger partial charge >= 0.3 is 5.97 Å². The molecule has 4 nitrogen and oxygen atoms in total. The van der Waals surface area contributed by atoms with Gasteiger partial charge in [0.2, 0.25) is 0 Å². The molecule has 0 unspecified atom stereocenters. The van der Waals surface area contributed by atoms with E-state index in [1.165, 1.54) is 7.11 Å². The topological polar surface area (TPSA) is 48.3 Å². The summed E-state index contributed by atoms with van der Waals surface area (Å²) in [5, 5.41) is 0. The third-order valence-electron chi connectivity index (χ3n) is 3.74. The van der Waals surface area contributed by atoms with Crippen molar-refractivity contribution < 1.29 is 9.53 Å². The Hall–Kier alpha value is -2.62. The van der Waals surface area contributed by atoms with E-state index in [2.05, 4.69) is 0 Å². The predicted molar refractivity (Wildman–Crippen MR) is 81.2 cm³/mol. The standard InChI is InChI=1S/C17H15NO3/c1-18-10-15(13-4-3-5-14(13)16(18)19)11-6-8-12(9-7-11)17(20)21-2/h3-4,6-10H,5H2,1-2H3. The van der Waals surface area contributed by atoms with Gasteiger partial charge in [-0.15, -0.1) is 0 Å². The molecule has 0 saturated heterocycles. The summed E-state index contributed by atoms with van der Waals surface area (Å²) < 4.78 is 6.30. The summed E-state index contributed by atoms with van der Waals surface area (Å²) >= 11 is 0. The number of hydrogen-bond acceptors (Lipinski definition) is 3. The molecule has 0 aliphatic heterocycles. The Labute approximate surface area is 122 Å². The highest BCUT2D eigenvalue weighted by Crippen LogP contribution is 2.29. The average molecular weight is 281 g/mol. The summed E-state index contributed by atoms with van der Waals surface area (Å²) in [6, 6.07) is 7.21. The zero-order chi connectivity index (χ0) is 15.0. The van der Waals surface area contributed by atoms with E-state index in [-0.39, 0.29) is 11.5 Å². The smallest absolute Gasteiger partial charge is 0.337 e. The van der Waals surface area contributed by atoms with Crippen LogP contribution in [-0.4, -0.2) is 17.6 Å². The van der Waals surface area contributed by atoms with Gasteiger partial charge in [0.15, 0.2) is 0 Å². The fraction of sp³-hybridized carbons (Fsp3) is 0.176. The van der Waals surface area contributed by atoms with Crippen LogP contribution in [0.4, 0.5) is 0 Å². The lowest BCUT2D eigenvalue weighted by atomic mass is 9.98. The van der Waals surface area contributed by atoms with Gasteiger partial charge in [0.05, 0.1) is 12.7 Å². The third-order valence-corrected chi connectivity index (χ3v) is 3.74. The molecule has 1 aliphatic rings. The molecule has 3 rings (SSSR count). The molecule has 2 aromatic rings. The second-order valence-corrected chi connectivity index (χ2v) is 5.03. The van der Waals surface area contributed by atoms with Crippen LogP contribution in [-0.2, 0) is 18.2 Å². The number of hydrogen-bond donors (Lipinski definition) is 0. The van der Waals surface area contributed by atoms with Crippen LogP contribution in [0.5, 0.6) is 0 Å². The van der Waals surface area contributed by atoms with Gasteiger partial charge in [0.1, 0.15) is 0 Å². The van der Waals surface area contributed by atoms with Crippen molar-refractivity contribution in [3.8, 4) is 11.1 Å². The van der Waals surface area contributed by atoms with Gasteiger partial charge in [0.25, 0.3) is 5.56 Å². The number of benzene rings is 1. The average Bonchev–Trinajstić information content (AvgIpc) is 3.00. The molecule has 0 amide bonds. The Bertz CT molecular complexity index is 798. The van der Waals surface area contributed by atoms with Gasteiger partial charge < -0.3 is 9.30 Å². The number of esters is 1. The van der Waals surface area contributed by atoms with E-state index < -0.39 is 0 Å². The van der Waals surface area contributed by atoms with Crippen molar-refractivity contribution >= 4 is 12.0 Å². The molecule has 4 heteroatoms. The van der Waals surface area contributed by atoms with Gasteiger partial charge in [0, 0.05) is 24.4 Å². The first-order chi connectivity index (χ1) is 10.1. The van der Waals surface area contributed by atoms with Crippen molar-refractivity contribution in [2.24, 2.45) is 7.05 Å². The molecule has 1 aromatic carbocycles. The van der Waals surface area contributed by atoms with Crippen LogP contribution in [0.25, 0.3) is 17.2 Å². The van der Waals surface area contributed by atoms with Crippen molar-refractivity contribution in [2.45, 2.75) is 6.42 Å². The molecule has 0 atom stereocenters. The lowest BCUT2D eigenvalue weighted by Gasteiger charge is -2.11. The SMILES string of the molecule is COC(=O)c1ccc(-c2cn(C)c(=O)c3c2C=CC3)cc1. The van der Waals surface area contributed by atoms with Crippen LogP contribution in [0.3, 0.4) is 0 Å². The summed E-state index contributed by atoms with van der Waals surface area (Å²) in [5.41, 5.74) is 4.33. The van der Waals surface area contributed by atoms with E-state index in [9.17, 15) is 9.59 Å². The first-order valence-electron chi connectivity index (χ1n) is 6.69. The predicted octanol–water partition coefficient (Wildman–Crippen LogP) is 2.41. The number of fused-ring (bicyclic) bond motifs is 1. The lowest BCUT2D eigenvalue weighted by Crippen LogP contribution is -2.21. The third kappa shape index (κ3) is 2.18. The van der Waals surface area contributed by atoms with Crippen molar-refractivity contribution in [2.75, 3.05) is 7.11 Å². The van der Waals surface area contributed by atoms with Crippen molar-refractivity contribution in [3.05, 3.63) is 63.6 Å². The van der Waals surface area contributed by atoms with E-state index in [4.69, 9.17) is 4.74 Å². The number of carbonyl (C=O) groups excluding carboxylic acids is 1. The lowest BCUT2D eigenvalue weighted by molar-refractivity contribution is 0.0601. The van der Waals surface area contributed by atoms with E-state index in [1.54, 1.807) is 23.7 Å². The van der Waals surface area contributed by atoms with E-state index >= 15 is 0 Å².